The summed E-state index contributed by atoms with van der Waals surface area (Å²) in [7, 11) is 0. The van der Waals surface area contributed by atoms with Crippen molar-refractivity contribution in [3.8, 4) is 0 Å². The van der Waals surface area contributed by atoms with Crippen LogP contribution in [0.1, 0.15) is 44.7 Å². The molecule has 4 amide bonds. The second kappa shape index (κ2) is 6.52. The molecule has 5 nitrogen and oxygen atoms in total. The summed E-state index contributed by atoms with van der Waals surface area (Å²) in [5.41, 5.74) is 0.896. The van der Waals surface area contributed by atoms with Gasteiger partial charge in [0.15, 0.2) is 0 Å². The van der Waals surface area contributed by atoms with Crippen molar-refractivity contribution in [2.24, 2.45) is 5.92 Å². The minimum atomic E-state index is -0.759. The molecule has 1 aromatic carbocycles. The van der Waals surface area contributed by atoms with E-state index in [0.29, 0.717) is 19.3 Å². The number of amides is 4. The summed E-state index contributed by atoms with van der Waals surface area (Å²) in [6.07, 6.45) is 1.78. The minimum Gasteiger partial charge on any atom is -0.277 e. The molecule has 0 aromatic heterocycles. The second-order valence-electron chi connectivity index (χ2n) is 5.18. The highest BCUT2D eigenvalue weighted by Crippen LogP contribution is 2.29. The number of nitrogens with zero attached hydrogens (tertiary/aromatic N) is 1. The molecule has 1 heterocycles. The molecule has 1 aromatic rings. The van der Waals surface area contributed by atoms with Crippen LogP contribution in [0, 0.1) is 5.92 Å². The maximum Gasteiger partial charge on any atom is 0.331 e. The average Bonchev–Trinajstić information content (AvgIpc) is 2.48. The third-order valence-corrected chi connectivity index (χ3v) is 3.76. The van der Waals surface area contributed by atoms with Gasteiger partial charge in [-0.3, -0.25) is 19.8 Å². The Bertz CT molecular complexity index is 542. The maximum atomic E-state index is 12.6. The minimum absolute atomic E-state index is 0.342. The number of nitrogens with one attached hydrogen (secondary N) is 1. The molecular formula is C16H20N2O3. The fourth-order valence-corrected chi connectivity index (χ4v) is 2.71. The fraction of sp³-hybridized carbons (Fsp3) is 0.438. The van der Waals surface area contributed by atoms with Gasteiger partial charge in [-0.15, -0.1) is 0 Å². The molecule has 0 aliphatic carbocycles. The van der Waals surface area contributed by atoms with Gasteiger partial charge in [-0.2, -0.15) is 0 Å². The highest BCUT2D eigenvalue weighted by Gasteiger charge is 2.42. The Morgan fingerprint density at radius 3 is 2.38 bits per heavy atom. The Morgan fingerprint density at radius 1 is 1.14 bits per heavy atom. The van der Waals surface area contributed by atoms with Gasteiger partial charge >= 0.3 is 6.03 Å². The number of rotatable bonds is 5. The van der Waals surface area contributed by atoms with E-state index in [1.165, 1.54) is 4.90 Å². The van der Waals surface area contributed by atoms with E-state index in [4.69, 9.17) is 0 Å². The van der Waals surface area contributed by atoms with E-state index < -0.39 is 17.9 Å². The van der Waals surface area contributed by atoms with Gasteiger partial charge in [-0.1, -0.05) is 50.6 Å². The van der Waals surface area contributed by atoms with Crippen LogP contribution in [-0.4, -0.2) is 22.7 Å². The zero-order valence-corrected chi connectivity index (χ0v) is 12.3. The molecule has 1 N–H and O–H groups in total. The molecule has 112 valence electrons. The number of imide groups is 2. The molecule has 0 radical (unpaired) electrons. The number of hydrogen-bond donors (Lipinski definition) is 1. The molecule has 1 aliphatic heterocycles. The summed E-state index contributed by atoms with van der Waals surface area (Å²) in [6, 6.07) is 8.45. The Morgan fingerprint density at radius 2 is 1.81 bits per heavy atom. The van der Waals surface area contributed by atoms with Gasteiger partial charge in [0.05, 0.1) is 6.04 Å². The highest BCUT2D eigenvalue weighted by molar-refractivity contribution is 6.16. The Kier molecular flexibility index (Phi) is 4.73. The average molecular weight is 288 g/mol. The molecular weight excluding hydrogens is 268 g/mol. The molecule has 5 heteroatoms. The number of benzene rings is 1. The predicted octanol–water partition coefficient (Wildman–Crippen LogP) is 2.63. The zero-order chi connectivity index (χ0) is 15.4. The van der Waals surface area contributed by atoms with Gasteiger partial charge < -0.3 is 0 Å². The van der Waals surface area contributed by atoms with Crippen molar-refractivity contribution in [3.63, 3.8) is 0 Å². The van der Waals surface area contributed by atoms with Crippen molar-refractivity contribution >= 4 is 17.8 Å². The lowest BCUT2D eigenvalue weighted by Crippen LogP contribution is -2.58. The quantitative estimate of drug-likeness (QED) is 0.847. The Labute approximate surface area is 124 Å². The van der Waals surface area contributed by atoms with Crippen molar-refractivity contribution in [1.29, 1.82) is 0 Å². The van der Waals surface area contributed by atoms with Gasteiger partial charge in [-0.05, 0) is 18.4 Å². The number of carbonyl (C=O) groups excluding carboxylic acids is 3. The van der Waals surface area contributed by atoms with Gasteiger partial charge in [-0.25, -0.2) is 4.79 Å². The third kappa shape index (κ3) is 2.96. The zero-order valence-electron chi connectivity index (χ0n) is 12.3. The molecule has 2 unspecified atom stereocenters. The molecule has 1 saturated heterocycles. The Balaban J connectivity index is 2.33. The van der Waals surface area contributed by atoms with Crippen molar-refractivity contribution < 1.29 is 14.4 Å². The molecule has 1 aliphatic rings. The smallest absolute Gasteiger partial charge is 0.277 e. The Hall–Kier alpha value is -2.17. The molecule has 0 saturated carbocycles. The normalized spacial score (nSPS) is 20.4. The van der Waals surface area contributed by atoms with E-state index in [9.17, 15) is 14.4 Å². The summed E-state index contributed by atoms with van der Waals surface area (Å²) in [4.78, 5) is 37.7. The van der Waals surface area contributed by atoms with Crippen LogP contribution in [0.2, 0.25) is 0 Å². The molecule has 0 bridgehead atoms. The maximum absolute atomic E-state index is 12.6. The number of urea groups is 1. The first kappa shape index (κ1) is 15.2. The lowest BCUT2D eigenvalue weighted by Gasteiger charge is -2.35. The summed E-state index contributed by atoms with van der Waals surface area (Å²) in [5, 5.41) is 2.31. The molecule has 0 spiro atoms. The van der Waals surface area contributed by atoms with Crippen LogP contribution >= 0.6 is 0 Å². The standard InChI is InChI=1S/C16H20N2O3/c1-3-8-12-14(19)17-16(21)18(15(12)20)13(4-2)11-9-6-5-7-10-11/h5-7,9-10,12-13H,3-4,8H2,1-2H3,(H,17,19,21). The van der Waals surface area contributed by atoms with E-state index in [0.717, 1.165) is 5.56 Å². The summed E-state index contributed by atoms with van der Waals surface area (Å²) >= 11 is 0. The SMILES string of the molecule is CCCC1C(=O)NC(=O)N(C(CC)c2ccccc2)C1=O. The van der Waals surface area contributed by atoms with Crippen LogP contribution in [0.25, 0.3) is 0 Å². The van der Waals surface area contributed by atoms with E-state index in [1.807, 2.05) is 44.2 Å². The number of carbonyl (C=O) groups is 3. The number of hydrogen-bond acceptors (Lipinski definition) is 3. The van der Waals surface area contributed by atoms with Crippen LogP contribution in [-0.2, 0) is 9.59 Å². The first-order valence-electron chi connectivity index (χ1n) is 7.33. The van der Waals surface area contributed by atoms with Crippen molar-refractivity contribution in [2.75, 3.05) is 0 Å². The van der Waals surface area contributed by atoms with Crippen molar-refractivity contribution in [1.82, 2.24) is 10.2 Å². The van der Waals surface area contributed by atoms with Gasteiger partial charge in [0.1, 0.15) is 5.92 Å². The largest absolute Gasteiger partial charge is 0.331 e. The van der Waals surface area contributed by atoms with Gasteiger partial charge in [0.2, 0.25) is 11.8 Å². The van der Waals surface area contributed by atoms with E-state index >= 15 is 0 Å². The number of barbiturate groups is 1. The monoisotopic (exact) mass is 288 g/mol. The van der Waals surface area contributed by atoms with Crippen LogP contribution < -0.4 is 5.32 Å². The van der Waals surface area contributed by atoms with Gasteiger partial charge in [0.25, 0.3) is 0 Å². The van der Waals surface area contributed by atoms with Crippen LogP contribution in [0.5, 0.6) is 0 Å². The second-order valence-corrected chi connectivity index (χ2v) is 5.18. The lowest BCUT2D eigenvalue weighted by atomic mass is 9.95. The fourth-order valence-electron chi connectivity index (χ4n) is 2.71. The molecule has 1 fully saturated rings. The topological polar surface area (TPSA) is 66.5 Å². The lowest BCUT2D eigenvalue weighted by molar-refractivity contribution is -0.144. The van der Waals surface area contributed by atoms with Crippen LogP contribution in [0.3, 0.4) is 0 Å². The summed E-state index contributed by atoms with van der Waals surface area (Å²) in [6.45, 7) is 3.83. The summed E-state index contributed by atoms with van der Waals surface area (Å²) in [5.74, 6) is -1.63. The van der Waals surface area contributed by atoms with E-state index in [2.05, 4.69) is 5.32 Å². The summed E-state index contributed by atoms with van der Waals surface area (Å²) < 4.78 is 0. The van der Waals surface area contributed by atoms with Crippen molar-refractivity contribution in [3.05, 3.63) is 35.9 Å². The molecule has 2 atom stereocenters. The highest BCUT2D eigenvalue weighted by atomic mass is 16.2. The van der Waals surface area contributed by atoms with Gasteiger partial charge in [0, 0.05) is 0 Å². The molecule has 21 heavy (non-hydrogen) atoms. The van der Waals surface area contributed by atoms with E-state index in [1.54, 1.807) is 0 Å². The first-order valence-corrected chi connectivity index (χ1v) is 7.33. The van der Waals surface area contributed by atoms with Crippen LogP contribution in [0.4, 0.5) is 4.79 Å². The predicted molar refractivity (Wildman–Crippen MR) is 78.3 cm³/mol. The van der Waals surface area contributed by atoms with Crippen LogP contribution in [0.15, 0.2) is 30.3 Å². The van der Waals surface area contributed by atoms with Crippen molar-refractivity contribution in [2.45, 2.75) is 39.2 Å². The first-order chi connectivity index (χ1) is 10.1. The third-order valence-electron chi connectivity index (χ3n) is 3.76. The molecule has 2 rings (SSSR count). The van der Waals surface area contributed by atoms with E-state index in [-0.39, 0.29) is 11.9 Å².